The van der Waals surface area contributed by atoms with E-state index in [1.54, 1.807) is 0 Å². The smallest absolute Gasteiger partial charge is 0.0252 e. The Labute approximate surface area is 107 Å². The van der Waals surface area contributed by atoms with Crippen LogP contribution in [0.5, 0.6) is 0 Å². The van der Waals surface area contributed by atoms with Crippen LogP contribution in [0, 0.1) is 5.41 Å². The molecule has 0 heterocycles. The minimum atomic E-state index is 0.319. The summed E-state index contributed by atoms with van der Waals surface area (Å²) in [6.07, 6.45) is 3.78. The molecule has 0 aromatic heterocycles. The van der Waals surface area contributed by atoms with Crippen LogP contribution in [0.2, 0.25) is 0 Å². The van der Waals surface area contributed by atoms with E-state index in [2.05, 4.69) is 44.7 Å². The third-order valence-electron chi connectivity index (χ3n) is 4.33. The summed E-state index contributed by atoms with van der Waals surface area (Å²) in [4.78, 5) is 4.84. The second-order valence-electron chi connectivity index (χ2n) is 6.41. The maximum atomic E-state index is 6.41. The lowest BCUT2D eigenvalue weighted by molar-refractivity contribution is 0.165. The average molecular weight is 241 g/mol. The van der Waals surface area contributed by atoms with Gasteiger partial charge in [0.25, 0.3) is 0 Å². The van der Waals surface area contributed by atoms with E-state index in [0.717, 1.165) is 6.54 Å². The lowest BCUT2D eigenvalue weighted by atomic mass is 9.87. The van der Waals surface area contributed by atoms with Crippen molar-refractivity contribution in [3.8, 4) is 0 Å². The molecule has 0 aliphatic heterocycles. The molecule has 1 rings (SSSR count). The zero-order valence-corrected chi connectivity index (χ0v) is 12.4. The predicted molar refractivity (Wildman–Crippen MR) is 75.2 cm³/mol. The molecule has 1 saturated carbocycles. The van der Waals surface area contributed by atoms with Gasteiger partial charge in [-0.05, 0) is 58.4 Å². The first kappa shape index (κ1) is 14.9. The molecule has 17 heavy (non-hydrogen) atoms. The van der Waals surface area contributed by atoms with Gasteiger partial charge in [0, 0.05) is 12.1 Å². The Morgan fingerprint density at radius 2 is 1.88 bits per heavy atom. The average Bonchev–Trinajstić information content (AvgIpc) is 2.50. The van der Waals surface area contributed by atoms with Gasteiger partial charge in [-0.15, -0.1) is 0 Å². The highest BCUT2D eigenvalue weighted by molar-refractivity contribution is 4.98. The minimum absolute atomic E-state index is 0.319. The fourth-order valence-electron chi connectivity index (χ4n) is 2.95. The van der Waals surface area contributed by atoms with Gasteiger partial charge in [0.1, 0.15) is 0 Å². The van der Waals surface area contributed by atoms with Gasteiger partial charge in [0.05, 0.1) is 0 Å². The van der Waals surface area contributed by atoms with Crippen LogP contribution in [-0.4, -0.2) is 55.6 Å². The summed E-state index contributed by atoms with van der Waals surface area (Å²) in [5, 5.41) is 0. The number of nitrogens with zero attached hydrogens (tertiary/aromatic N) is 2. The van der Waals surface area contributed by atoms with Crippen LogP contribution in [-0.2, 0) is 0 Å². The summed E-state index contributed by atoms with van der Waals surface area (Å²) < 4.78 is 0. The van der Waals surface area contributed by atoms with Gasteiger partial charge in [-0.2, -0.15) is 0 Å². The quantitative estimate of drug-likeness (QED) is 0.769. The molecule has 0 bridgehead atoms. The molecule has 3 nitrogen and oxygen atoms in total. The van der Waals surface area contributed by atoms with Crippen molar-refractivity contribution in [2.45, 2.75) is 52.1 Å². The van der Waals surface area contributed by atoms with Crippen LogP contribution >= 0.6 is 0 Å². The van der Waals surface area contributed by atoms with Crippen molar-refractivity contribution in [1.82, 2.24) is 9.80 Å². The Hall–Kier alpha value is -0.120. The van der Waals surface area contributed by atoms with Crippen LogP contribution in [0.4, 0.5) is 0 Å². The fourth-order valence-corrected chi connectivity index (χ4v) is 2.95. The SMILES string of the molecule is CCN(CCCN(C)C)C1CCC(C)(C)C1N. The molecule has 0 saturated heterocycles. The highest BCUT2D eigenvalue weighted by Gasteiger charge is 2.41. The summed E-state index contributed by atoms with van der Waals surface area (Å²) in [7, 11) is 4.28. The van der Waals surface area contributed by atoms with Crippen LogP contribution in [0.3, 0.4) is 0 Å². The molecule has 2 N–H and O–H groups in total. The number of hydrogen-bond donors (Lipinski definition) is 1. The van der Waals surface area contributed by atoms with E-state index in [1.165, 1.54) is 32.4 Å². The molecule has 3 heteroatoms. The zero-order valence-electron chi connectivity index (χ0n) is 12.4. The lowest BCUT2D eigenvalue weighted by Gasteiger charge is -2.34. The van der Waals surface area contributed by atoms with E-state index >= 15 is 0 Å². The van der Waals surface area contributed by atoms with Gasteiger partial charge in [-0.25, -0.2) is 0 Å². The Morgan fingerprint density at radius 3 is 2.29 bits per heavy atom. The van der Waals surface area contributed by atoms with Gasteiger partial charge in [-0.3, -0.25) is 4.90 Å². The molecule has 0 spiro atoms. The molecule has 0 aromatic rings. The van der Waals surface area contributed by atoms with Crippen LogP contribution in [0.25, 0.3) is 0 Å². The van der Waals surface area contributed by atoms with E-state index in [-0.39, 0.29) is 0 Å². The Balaban J connectivity index is 2.45. The van der Waals surface area contributed by atoms with Crippen molar-refractivity contribution in [3.05, 3.63) is 0 Å². The zero-order chi connectivity index (χ0) is 13.1. The van der Waals surface area contributed by atoms with Crippen molar-refractivity contribution in [2.24, 2.45) is 11.1 Å². The molecule has 2 unspecified atom stereocenters. The molecule has 0 aromatic carbocycles. The summed E-state index contributed by atoms with van der Waals surface area (Å²) in [5.41, 5.74) is 6.73. The Bertz CT molecular complexity index is 226. The van der Waals surface area contributed by atoms with Gasteiger partial charge in [-0.1, -0.05) is 20.8 Å². The molecule has 1 aliphatic carbocycles. The van der Waals surface area contributed by atoms with Gasteiger partial charge < -0.3 is 10.6 Å². The van der Waals surface area contributed by atoms with Gasteiger partial charge >= 0.3 is 0 Å². The maximum absolute atomic E-state index is 6.41. The minimum Gasteiger partial charge on any atom is -0.326 e. The van der Waals surface area contributed by atoms with Crippen molar-refractivity contribution in [2.75, 3.05) is 33.7 Å². The molecule has 0 radical (unpaired) electrons. The molecule has 1 fully saturated rings. The Kier molecular flexibility index (Phi) is 5.42. The standard InChI is InChI=1S/C14H31N3/c1-6-17(11-7-10-16(4)5)12-8-9-14(2,3)13(12)15/h12-13H,6-11,15H2,1-5H3. The van der Waals surface area contributed by atoms with E-state index in [1.807, 2.05) is 0 Å². The lowest BCUT2D eigenvalue weighted by Crippen LogP contribution is -2.49. The van der Waals surface area contributed by atoms with E-state index in [9.17, 15) is 0 Å². The normalized spacial score (nSPS) is 28.2. The predicted octanol–water partition coefficient (Wildman–Crippen LogP) is 1.78. The third-order valence-corrected chi connectivity index (χ3v) is 4.33. The monoisotopic (exact) mass is 241 g/mol. The van der Waals surface area contributed by atoms with Crippen molar-refractivity contribution < 1.29 is 0 Å². The molecular weight excluding hydrogens is 210 g/mol. The molecular formula is C14H31N3. The number of likely N-dealkylation sites (N-methyl/N-ethyl adjacent to an activating group) is 1. The van der Waals surface area contributed by atoms with Gasteiger partial charge in [0.2, 0.25) is 0 Å². The third kappa shape index (κ3) is 3.94. The van der Waals surface area contributed by atoms with Crippen LogP contribution in [0.15, 0.2) is 0 Å². The topological polar surface area (TPSA) is 32.5 Å². The highest BCUT2D eigenvalue weighted by atomic mass is 15.2. The summed E-state index contributed by atoms with van der Waals surface area (Å²) in [6, 6.07) is 0.930. The second kappa shape index (κ2) is 6.17. The first-order valence-electron chi connectivity index (χ1n) is 7.03. The number of nitrogens with two attached hydrogens (primary N) is 1. The van der Waals surface area contributed by atoms with E-state index in [4.69, 9.17) is 5.73 Å². The fraction of sp³-hybridized carbons (Fsp3) is 1.00. The first-order chi connectivity index (χ1) is 7.88. The first-order valence-corrected chi connectivity index (χ1v) is 7.03. The van der Waals surface area contributed by atoms with Crippen LogP contribution < -0.4 is 5.73 Å². The highest BCUT2D eigenvalue weighted by Crippen LogP contribution is 2.38. The Morgan fingerprint density at radius 1 is 1.24 bits per heavy atom. The van der Waals surface area contributed by atoms with Gasteiger partial charge in [0.15, 0.2) is 0 Å². The molecule has 2 atom stereocenters. The second-order valence-corrected chi connectivity index (χ2v) is 6.41. The molecule has 0 amide bonds. The summed E-state index contributed by atoms with van der Waals surface area (Å²) in [5.74, 6) is 0. The summed E-state index contributed by atoms with van der Waals surface area (Å²) >= 11 is 0. The number of rotatable bonds is 6. The number of hydrogen-bond acceptors (Lipinski definition) is 3. The summed E-state index contributed by atoms with van der Waals surface area (Å²) in [6.45, 7) is 10.4. The molecule has 102 valence electrons. The van der Waals surface area contributed by atoms with Crippen molar-refractivity contribution >= 4 is 0 Å². The van der Waals surface area contributed by atoms with Crippen molar-refractivity contribution in [3.63, 3.8) is 0 Å². The maximum Gasteiger partial charge on any atom is 0.0252 e. The van der Waals surface area contributed by atoms with E-state index in [0.29, 0.717) is 17.5 Å². The van der Waals surface area contributed by atoms with E-state index < -0.39 is 0 Å². The largest absolute Gasteiger partial charge is 0.326 e. The van der Waals surface area contributed by atoms with Crippen molar-refractivity contribution in [1.29, 1.82) is 0 Å². The van der Waals surface area contributed by atoms with Crippen LogP contribution in [0.1, 0.15) is 40.0 Å². The molecule has 1 aliphatic rings.